The maximum absolute atomic E-state index is 11.6. The van der Waals surface area contributed by atoms with Gasteiger partial charge in [-0.3, -0.25) is 4.79 Å². The maximum atomic E-state index is 11.6. The van der Waals surface area contributed by atoms with E-state index in [0.717, 1.165) is 15.8 Å². The van der Waals surface area contributed by atoms with Crippen molar-refractivity contribution in [2.45, 2.75) is 20.8 Å². The van der Waals surface area contributed by atoms with Crippen molar-refractivity contribution in [2.24, 2.45) is 5.92 Å². The number of hydrogen-bond acceptors (Lipinski definition) is 3. The molecule has 0 unspecified atom stereocenters. The van der Waals surface area contributed by atoms with E-state index < -0.39 is 0 Å². The second-order valence-electron chi connectivity index (χ2n) is 5.18. The lowest BCUT2D eigenvalue weighted by molar-refractivity contribution is -0.118. The third-order valence-corrected chi connectivity index (χ3v) is 3.60. The van der Waals surface area contributed by atoms with Crippen LogP contribution >= 0.6 is 15.9 Å². The minimum absolute atomic E-state index is 0.0375. The number of rotatable bonds is 4. The Morgan fingerprint density at radius 3 is 2.57 bits per heavy atom. The lowest BCUT2D eigenvalue weighted by Gasteiger charge is -2.10. The Bertz CT molecular complexity index is 638. The van der Waals surface area contributed by atoms with Gasteiger partial charge in [0, 0.05) is 10.4 Å². The zero-order chi connectivity index (χ0) is 15.4. The zero-order valence-electron chi connectivity index (χ0n) is 12.3. The maximum Gasteiger partial charge on any atom is 0.228 e. The molecule has 0 bridgehead atoms. The van der Waals surface area contributed by atoms with Crippen LogP contribution in [0.25, 0.3) is 0 Å². The topological polar surface area (TPSA) is 54.0 Å². The van der Waals surface area contributed by atoms with Crippen LogP contribution in [0.4, 0.5) is 17.2 Å². The van der Waals surface area contributed by atoms with Crippen LogP contribution in [0.1, 0.15) is 19.4 Å². The summed E-state index contributed by atoms with van der Waals surface area (Å²) in [5, 5.41) is 6.04. The Hall–Kier alpha value is -1.88. The molecule has 110 valence electrons. The van der Waals surface area contributed by atoms with Crippen molar-refractivity contribution in [3.8, 4) is 0 Å². The summed E-state index contributed by atoms with van der Waals surface area (Å²) in [6.45, 7) is 5.74. The van der Waals surface area contributed by atoms with Crippen LogP contribution in [0.2, 0.25) is 0 Å². The van der Waals surface area contributed by atoms with Crippen molar-refractivity contribution in [2.75, 3.05) is 10.6 Å². The van der Waals surface area contributed by atoms with E-state index in [-0.39, 0.29) is 11.8 Å². The molecule has 0 spiro atoms. The number of anilines is 3. The minimum atomic E-state index is -0.0619. The van der Waals surface area contributed by atoms with Crippen LogP contribution in [-0.4, -0.2) is 10.9 Å². The molecule has 0 aliphatic rings. The van der Waals surface area contributed by atoms with E-state index in [1.165, 1.54) is 5.56 Å². The summed E-state index contributed by atoms with van der Waals surface area (Å²) >= 11 is 3.53. The van der Waals surface area contributed by atoms with Crippen molar-refractivity contribution in [3.05, 3.63) is 46.6 Å². The number of aryl methyl sites for hydroxylation is 1. The Morgan fingerprint density at radius 1 is 1.24 bits per heavy atom. The van der Waals surface area contributed by atoms with Gasteiger partial charge in [-0.25, -0.2) is 4.98 Å². The van der Waals surface area contributed by atoms with Crippen LogP contribution in [0.5, 0.6) is 0 Å². The number of benzene rings is 1. The molecule has 1 amide bonds. The second kappa shape index (κ2) is 6.72. The van der Waals surface area contributed by atoms with Gasteiger partial charge in [-0.1, -0.05) is 19.9 Å². The van der Waals surface area contributed by atoms with Crippen molar-refractivity contribution in [1.82, 2.24) is 4.98 Å². The quantitative estimate of drug-likeness (QED) is 0.856. The number of halogens is 1. The lowest BCUT2D eigenvalue weighted by Crippen LogP contribution is -2.18. The molecule has 2 aromatic rings. The van der Waals surface area contributed by atoms with Crippen LogP contribution < -0.4 is 10.6 Å². The van der Waals surface area contributed by atoms with Crippen LogP contribution in [0, 0.1) is 12.8 Å². The number of amides is 1. The molecule has 0 aliphatic carbocycles. The third-order valence-electron chi connectivity index (χ3n) is 2.94. The summed E-state index contributed by atoms with van der Waals surface area (Å²) in [5.74, 6) is 0.458. The minimum Gasteiger partial charge on any atom is -0.353 e. The number of nitrogens with zero attached hydrogens (tertiary/aromatic N) is 1. The normalized spacial score (nSPS) is 10.5. The van der Waals surface area contributed by atoms with Crippen LogP contribution in [0.3, 0.4) is 0 Å². The first-order valence-electron chi connectivity index (χ1n) is 6.76. The van der Waals surface area contributed by atoms with Gasteiger partial charge in [0.05, 0.1) is 17.6 Å². The number of nitrogens with one attached hydrogen (secondary N) is 2. The first kappa shape index (κ1) is 15.5. The van der Waals surface area contributed by atoms with Gasteiger partial charge < -0.3 is 10.6 Å². The highest BCUT2D eigenvalue weighted by atomic mass is 79.9. The molecule has 0 saturated carbocycles. The highest BCUT2D eigenvalue weighted by molar-refractivity contribution is 9.10. The predicted molar refractivity (Wildman–Crippen MR) is 89.9 cm³/mol. The number of carbonyl (C=O) groups excluding carboxylic acids is 1. The standard InChI is InChI=1S/C16H18BrN3O/c1-10(2)16(21)20-15-7-5-12(9-18-15)19-14-6-4-11(3)8-13(14)17/h4-10,19H,1-3H3,(H,18,20,21). The zero-order valence-corrected chi connectivity index (χ0v) is 13.9. The van der Waals surface area contributed by atoms with Crippen molar-refractivity contribution >= 4 is 39.0 Å². The van der Waals surface area contributed by atoms with Crippen LogP contribution in [-0.2, 0) is 4.79 Å². The van der Waals surface area contributed by atoms with E-state index in [1.807, 2.05) is 45.0 Å². The highest BCUT2D eigenvalue weighted by Gasteiger charge is 2.07. The van der Waals surface area contributed by atoms with E-state index in [2.05, 4.69) is 31.5 Å². The molecule has 0 aliphatic heterocycles. The molecule has 2 N–H and O–H groups in total. The van der Waals surface area contributed by atoms with Crippen LogP contribution in [0.15, 0.2) is 41.0 Å². The summed E-state index contributed by atoms with van der Waals surface area (Å²) in [6, 6.07) is 9.76. The van der Waals surface area contributed by atoms with Gasteiger partial charge in [-0.05, 0) is 52.7 Å². The van der Waals surface area contributed by atoms with E-state index in [4.69, 9.17) is 0 Å². The first-order valence-corrected chi connectivity index (χ1v) is 7.55. The molecule has 0 radical (unpaired) electrons. The summed E-state index contributed by atoms with van der Waals surface area (Å²) in [5.41, 5.74) is 3.03. The average molecular weight is 348 g/mol. The SMILES string of the molecule is Cc1ccc(Nc2ccc(NC(=O)C(C)C)nc2)c(Br)c1. The fraction of sp³-hybridized carbons (Fsp3) is 0.250. The van der Waals surface area contributed by atoms with E-state index in [9.17, 15) is 4.79 Å². The first-order chi connectivity index (χ1) is 9.95. The Kier molecular flexibility index (Phi) is 4.96. The summed E-state index contributed by atoms with van der Waals surface area (Å²) in [6.07, 6.45) is 1.70. The number of hydrogen-bond donors (Lipinski definition) is 2. The largest absolute Gasteiger partial charge is 0.353 e. The highest BCUT2D eigenvalue weighted by Crippen LogP contribution is 2.26. The Labute approximate surface area is 133 Å². The molecular weight excluding hydrogens is 330 g/mol. The lowest BCUT2D eigenvalue weighted by atomic mass is 10.2. The second-order valence-corrected chi connectivity index (χ2v) is 6.04. The predicted octanol–water partition coefficient (Wildman–Crippen LogP) is 4.49. The molecule has 0 fully saturated rings. The summed E-state index contributed by atoms with van der Waals surface area (Å²) in [4.78, 5) is 15.8. The van der Waals surface area contributed by atoms with Gasteiger partial charge in [-0.2, -0.15) is 0 Å². The third kappa shape index (κ3) is 4.29. The van der Waals surface area contributed by atoms with Crippen molar-refractivity contribution in [3.63, 3.8) is 0 Å². The summed E-state index contributed by atoms with van der Waals surface area (Å²) in [7, 11) is 0. The summed E-state index contributed by atoms with van der Waals surface area (Å²) < 4.78 is 1.000. The Balaban J connectivity index is 2.07. The van der Waals surface area contributed by atoms with Gasteiger partial charge in [-0.15, -0.1) is 0 Å². The van der Waals surface area contributed by atoms with Gasteiger partial charge in [0.2, 0.25) is 5.91 Å². The Morgan fingerprint density at radius 2 is 2.00 bits per heavy atom. The monoisotopic (exact) mass is 347 g/mol. The van der Waals surface area contributed by atoms with E-state index >= 15 is 0 Å². The number of pyridine rings is 1. The number of aromatic nitrogens is 1. The molecule has 1 aromatic heterocycles. The molecule has 5 heteroatoms. The molecule has 1 heterocycles. The number of carbonyl (C=O) groups is 1. The van der Waals surface area contributed by atoms with E-state index in [0.29, 0.717) is 5.82 Å². The molecular formula is C16H18BrN3O. The molecule has 2 rings (SSSR count). The average Bonchev–Trinajstić information content (AvgIpc) is 2.43. The molecule has 1 aromatic carbocycles. The smallest absolute Gasteiger partial charge is 0.228 e. The van der Waals surface area contributed by atoms with E-state index in [1.54, 1.807) is 12.3 Å². The molecule has 21 heavy (non-hydrogen) atoms. The van der Waals surface area contributed by atoms with Gasteiger partial charge in [0.25, 0.3) is 0 Å². The van der Waals surface area contributed by atoms with Gasteiger partial charge in [0.1, 0.15) is 5.82 Å². The fourth-order valence-corrected chi connectivity index (χ4v) is 2.28. The van der Waals surface area contributed by atoms with Gasteiger partial charge in [0.15, 0.2) is 0 Å². The fourth-order valence-electron chi connectivity index (χ4n) is 1.69. The molecule has 4 nitrogen and oxygen atoms in total. The molecule has 0 saturated heterocycles. The van der Waals surface area contributed by atoms with Gasteiger partial charge >= 0.3 is 0 Å². The van der Waals surface area contributed by atoms with Crippen molar-refractivity contribution < 1.29 is 4.79 Å². The van der Waals surface area contributed by atoms with Crippen molar-refractivity contribution in [1.29, 1.82) is 0 Å². The molecule has 0 atom stereocenters.